The number of carbonyl (C=O) groups excluding carboxylic acids is 1. The van der Waals surface area contributed by atoms with Gasteiger partial charge in [0.15, 0.2) is 5.78 Å². The van der Waals surface area contributed by atoms with E-state index in [-0.39, 0.29) is 11.5 Å². The van der Waals surface area contributed by atoms with Crippen LogP contribution >= 0.6 is 0 Å². The van der Waals surface area contributed by atoms with Crippen molar-refractivity contribution in [3.8, 4) is 17.2 Å². The lowest BCUT2D eigenvalue weighted by molar-refractivity contribution is -0.384. The largest absolute Gasteiger partial charge is 0.497 e. The first kappa shape index (κ1) is 18.0. The van der Waals surface area contributed by atoms with Crippen molar-refractivity contribution in [3.63, 3.8) is 0 Å². The number of benzene rings is 2. The van der Waals surface area contributed by atoms with Gasteiger partial charge in [-0.2, -0.15) is 0 Å². The van der Waals surface area contributed by atoms with Gasteiger partial charge in [-0.1, -0.05) is 0 Å². The second-order valence-corrected chi connectivity index (χ2v) is 4.95. The molecule has 0 aromatic heterocycles. The van der Waals surface area contributed by atoms with E-state index in [0.29, 0.717) is 28.4 Å². The number of non-ortho nitro benzene ring substituents is 1. The number of nitro benzene ring substituents is 1. The lowest BCUT2D eigenvalue weighted by Gasteiger charge is -2.08. The third kappa shape index (κ3) is 4.14. The molecule has 0 unspecified atom stereocenters. The quantitative estimate of drug-likeness (QED) is 0.331. The van der Waals surface area contributed by atoms with E-state index in [2.05, 4.69) is 0 Å². The summed E-state index contributed by atoms with van der Waals surface area (Å²) in [7, 11) is 4.43. The Morgan fingerprint density at radius 2 is 1.72 bits per heavy atom. The van der Waals surface area contributed by atoms with Crippen molar-refractivity contribution in [2.75, 3.05) is 21.3 Å². The van der Waals surface area contributed by atoms with Gasteiger partial charge in [-0.05, 0) is 30.4 Å². The van der Waals surface area contributed by atoms with Crippen molar-refractivity contribution in [2.24, 2.45) is 0 Å². The van der Waals surface area contributed by atoms with Gasteiger partial charge in [0.1, 0.15) is 17.2 Å². The molecule has 0 amide bonds. The Labute approximate surface area is 144 Å². The molecule has 0 heterocycles. The number of allylic oxidation sites excluding steroid dienone is 1. The minimum atomic E-state index is -0.509. The van der Waals surface area contributed by atoms with Gasteiger partial charge in [-0.3, -0.25) is 14.9 Å². The van der Waals surface area contributed by atoms with Crippen LogP contribution in [0.15, 0.2) is 42.5 Å². The number of hydrogen-bond acceptors (Lipinski definition) is 6. The fraction of sp³-hybridized carbons (Fsp3) is 0.167. The molecule has 2 rings (SSSR count). The molecule has 0 radical (unpaired) electrons. The Morgan fingerprint density at radius 3 is 2.32 bits per heavy atom. The Bertz CT molecular complexity index is 828. The summed E-state index contributed by atoms with van der Waals surface area (Å²) in [6.45, 7) is 0. The normalized spacial score (nSPS) is 10.5. The number of methoxy groups -OCH3 is 3. The minimum absolute atomic E-state index is 0.0880. The number of nitrogens with zero attached hydrogens (tertiary/aromatic N) is 1. The highest BCUT2D eigenvalue weighted by molar-refractivity contribution is 6.08. The maximum absolute atomic E-state index is 12.4. The number of hydrogen-bond donors (Lipinski definition) is 0. The van der Waals surface area contributed by atoms with Crippen LogP contribution in [-0.4, -0.2) is 32.0 Å². The summed E-state index contributed by atoms with van der Waals surface area (Å²) in [5.41, 5.74) is 0.691. The maximum Gasteiger partial charge on any atom is 0.270 e. The van der Waals surface area contributed by atoms with E-state index in [0.717, 1.165) is 0 Å². The number of carbonyl (C=O) groups is 1. The summed E-state index contributed by atoms with van der Waals surface area (Å²) in [5.74, 6) is 1.06. The van der Waals surface area contributed by atoms with E-state index in [1.807, 2.05) is 0 Å². The zero-order chi connectivity index (χ0) is 18.4. The molecule has 0 aliphatic heterocycles. The van der Waals surface area contributed by atoms with Crippen LogP contribution in [0.2, 0.25) is 0 Å². The third-order valence-corrected chi connectivity index (χ3v) is 3.51. The molecule has 0 saturated heterocycles. The Balaban J connectivity index is 2.34. The molecule has 7 nitrogen and oxygen atoms in total. The molecule has 0 N–H and O–H groups in total. The summed E-state index contributed by atoms with van der Waals surface area (Å²) in [6.07, 6.45) is 2.78. The molecule has 0 saturated carbocycles. The number of ether oxygens (including phenoxy) is 3. The Morgan fingerprint density at radius 1 is 1.00 bits per heavy atom. The van der Waals surface area contributed by atoms with Crippen LogP contribution in [0.5, 0.6) is 17.2 Å². The van der Waals surface area contributed by atoms with Crippen molar-refractivity contribution in [2.45, 2.75) is 0 Å². The van der Waals surface area contributed by atoms with Gasteiger partial charge in [0, 0.05) is 23.8 Å². The van der Waals surface area contributed by atoms with E-state index in [9.17, 15) is 14.9 Å². The van der Waals surface area contributed by atoms with E-state index >= 15 is 0 Å². The molecule has 7 heteroatoms. The number of rotatable bonds is 7. The molecule has 0 aliphatic rings. The smallest absolute Gasteiger partial charge is 0.270 e. The molecular weight excluding hydrogens is 326 g/mol. The molecule has 0 aliphatic carbocycles. The van der Waals surface area contributed by atoms with Crippen molar-refractivity contribution < 1.29 is 23.9 Å². The average Bonchev–Trinajstić information content (AvgIpc) is 2.64. The van der Waals surface area contributed by atoms with E-state index in [1.165, 1.54) is 51.7 Å². The molecule has 2 aromatic carbocycles. The van der Waals surface area contributed by atoms with Gasteiger partial charge in [0.25, 0.3) is 5.69 Å². The topological polar surface area (TPSA) is 87.9 Å². The summed E-state index contributed by atoms with van der Waals surface area (Å²) in [6, 6.07) is 9.01. The summed E-state index contributed by atoms with van der Waals surface area (Å²) < 4.78 is 15.5. The fourth-order valence-electron chi connectivity index (χ4n) is 2.22. The monoisotopic (exact) mass is 343 g/mol. The van der Waals surface area contributed by atoms with E-state index in [4.69, 9.17) is 14.2 Å². The zero-order valence-corrected chi connectivity index (χ0v) is 14.0. The third-order valence-electron chi connectivity index (χ3n) is 3.51. The van der Waals surface area contributed by atoms with E-state index in [1.54, 1.807) is 18.2 Å². The first-order valence-electron chi connectivity index (χ1n) is 7.27. The van der Waals surface area contributed by atoms with Crippen molar-refractivity contribution in [3.05, 3.63) is 63.7 Å². The second-order valence-electron chi connectivity index (χ2n) is 4.95. The Hall–Kier alpha value is -3.35. The number of ketones is 1. The molecule has 0 spiro atoms. The second kappa shape index (κ2) is 7.96. The van der Waals surface area contributed by atoms with Gasteiger partial charge >= 0.3 is 0 Å². The predicted octanol–water partition coefficient (Wildman–Crippen LogP) is 3.52. The van der Waals surface area contributed by atoms with Crippen molar-refractivity contribution in [1.29, 1.82) is 0 Å². The molecule has 130 valence electrons. The van der Waals surface area contributed by atoms with Crippen molar-refractivity contribution in [1.82, 2.24) is 0 Å². The molecule has 25 heavy (non-hydrogen) atoms. The maximum atomic E-state index is 12.4. The van der Waals surface area contributed by atoms with Crippen LogP contribution in [0.25, 0.3) is 6.08 Å². The standard InChI is InChI=1S/C18H17NO6/c1-23-14-6-7-15(18(11-14)25-3)16(20)8-4-12-10-13(19(21)22)5-9-17(12)24-2/h4-11H,1-3H3/b8-4+. The van der Waals surface area contributed by atoms with Gasteiger partial charge in [-0.25, -0.2) is 0 Å². The lowest BCUT2D eigenvalue weighted by Crippen LogP contribution is -1.99. The van der Waals surface area contributed by atoms with Crippen LogP contribution in [0.1, 0.15) is 15.9 Å². The first-order valence-corrected chi connectivity index (χ1v) is 7.27. The van der Waals surface area contributed by atoms with Gasteiger partial charge < -0.3 is 14.2 Å². The highest BCUT2D eigenvalue weighted by Gasteiger charge is 2.13. The van der Waals surface area contributed by atoms with Crippen LogP contribution < -0.4 is 14.2 Å². The van der Waals surface area contributed by atoms with Crippen LogP contribution in [0.3, 0.4) is 0 Å². The van der Waals surface area contributed by atoms with Gasteiger partial charge in [0.2, 0.25) is 0 Å². The average molecular weight is 343 g/mol. The van der Waals surface area contributed by atoms with Crippen LogP contribution in [-0.2, 0) is 0 Å². The zero-order valence-electron chi connectivity index (χ0n) is 14.0. The van der Waals surface area contributed by atoms with Gasteiger partial charge in [-0.15, -0.1) is 0 Å². The SMILES string of the molecule is COc1ccc(C(=O)/C=C/c2cc([N+](=O)[O-])ccc2OC)c(OC)c1. The first-order chi connectivity index (χ1) is 12.0. The van der Waals surface area contributed by atoms with Crippen molar-refractivity contribution >= 4 is 17.5 Å². The fourth-order valence-corrected chi connectivity index (χ4v) is 2.22. The molecular formula is C18H17NO6. The van der Waals surface area contributed by atoms with Crippen LogP contribution in [0.4, 0.5) is 5.69 Å². The van der Waals surface area contributed by atoms with Crippen LogP contribution in [0, 0.1) is 10.1 Å². The highest BCUT2D eigenvalue weighted by atomic mass is 16.6. The minimum Gasteiger partial charge on any atom is -0.497 e. The molecule has 0 fully saturated rings. The summed E-state index contributed by atoms with van der Waals surface area (Å²) >= 11 is 0. The number of nitro groups is 1. The Kier molecular flexibility index (Phi) is 5.73. The lowest BCUT2D eigenvalue weighted by atomic mass is 10.1. The summed E-state index contributed by atoms with van der Waals surface area (Å²) in [4.78, 5) is 22.8. The predicted molar refractivity (Wildman–Crippen MR) is 92.6 cm³/mol. The van der Waals surface area contributed by atoms with E-state index < -0.39 is 4.92 Å². The summed E-state index contributed by atoms with van der Waals surface area (Å²) in [5, 5.41) is 10.9. The molecule has 0 atom stereocenters. The molecule has 0 bridgehead atoms. The highest BCUT2D eigenvalue weighted by Crippen LogP contribution is 2.27. The van der Waals surface area contributed by atoms with Gasteiger partial charge in [0.05, 0.1) is 31.8 Å². The molecule has 2 aromatic rings.